The molecule has 0 aliphatic rings. The maximum Gasteiger partial charge on any atom is 0.381 e. The average Bonchev–Trinajstić information content (AvgIpc) is 2.89. The van der Waals surface area contributed by atoms with Gasteiger partial charge in [-0.2, -0.15) is 0 Å². The number of ketones is 1. The molecule has 0 radical (unpaired) electrons. The van der Waals surface area contributed by atoms with Crippen LogP contribution in [-0.4, -0.2) is 20.3 Å². The predicted octanol–water partition coefficient (Wildman–Crippen LogP) is 2.55. The zero-order valence-corrected chi connectivity index (χ0v) is 11.1. The van der Waals surface area contributed by atoms with Gasteiger partial charge in [0.2, 0.25) is 6.33 Å². The fourth-order valence-corrected chi connectivity index (χ4v) is 2.10. The van der Waals surface area contributed by atoms with E-state index in [1.165, 1.54) is 24.0 Å². The van der Waals surface area contributed by atoms with Gasteiger partial charge in [-0.05, 0) is 35.2 Å². The third-order valence-electron chi connectivity index (χ3n) is 3.15. The number of hydrogen-bond acceptors (Lipinski definition) is 4. The summed E-state index contributed by atoms with van der Waals surface area (Å²) in [6.07, 6.45) is 3.97. The molecule has 0 saturated carbocycles. The van der Waals surface area contributed by atoms with Crippen LogP contribution >= 0.6 is 0 Å². The van der Waals surface area contributed by atoms with E-state index in [4.69, 9.17) is 0 Å². The zero-order chi connectivity index (χ0) is 14.5. The molecular formula is C14H15N3O3. The van der Waals surface area contributed by atoms with Crippen molar-refractivity contribution in [1.29, 1.82) is 0 Å². The largest absolute Gasteiger partial charge is 0.381 e. The Morgan fingerprint density at radius 1 is 1.40 bits per heavy atom. The van der Waals surface area contributed by atoms with Crippen LogP contribution in [0.15, 0.2) is 42.9 Å². The zero-order valence-electron chi connectivity index (χ0n) is 11.1. The van der Waals surface area contributed by atoms with Crippen molar-refractivity contribution in [3.63, 3.8) is 0 Å². The summed E-state index contributed by atoms with van der Waals surface area (Å²) in [5.74, 6) is -0.274. The first-order chi connectivity index (χ1) is 9.58. The lowest BCUT2D eigenvalue weighted by atomic mass is 10.0. The number of nitro groups is 1. The third kappa shape index (κ3) is 3.28. The van der Waals surface area contributed by atoms with Crippen LogP contribution in [0.1, 0.15) is 24.9 Å². The third-order valence-corrected chi connectivity index (χ3v) is 3.15. The Balaban J connectivity index is 2.10. The van der Waals surface area contributed by atoms with Crippen molar-refractivity contribution < 1.29 is 9.72 Å². The number of Topliss-reactive ketones (excluding diaryl/α,β-unsaturated/α-hetero) is 1. The second kappa shape index (κ2) is 6.10. The summed E-state index contributed by atoms with van der Waals surface area (Å²) in [7, 11) is 0. The van der Waals surface area contributed by atoms with E-state index in [9.17, 15) is 14.9 Å². The number of hydrogen-bond donors (Lipinski definition) is 0. The van der Waals surface area contributed by atoms with Gasteiger partial charge in [0.05, 0.1) is 6.04 Å². The number of nitrogens with zero attached hydrogens (tertiary/aromatic N) is 3. The van der Waals surface area contributed by atoms with Crippen molar-refractivity contribution in [2.24, 2.45) is 0 Å². The highest BCUT2D eigenvalue weighted by atomic mass is 16.6. The molecule has 0 aliphatic heterocycles. The van der Waals surface area contributed by atoms with Crippen LogP contribution in [0.2, 0.25) is 0 Å². The van der Waals surface area contributed by atoms with Gasteiger partial charge in [-0.25, -0.2) is 0 Å². The quantitative estimate of drug-likeness (QED) is 0.598. The molecule has 6 nitrogen and oxygen atoms in total. The summed E-state index contributed by atoms with van der Waals surface area (Å²) in [5.41, 5.74) is 1.13. The minimum absolute atomic E-state index is 0.0340. The van der Waals surface area contributed by atoms with Crippen molar-refractivity contribution >= 4 is 11.6 Å². The van der Waals surface area contributed by atoms with E-state index >= 15 is 0 Å². The first-order valence-corrected chi connectivity index (χ1v) is 6.30. The van der Waals surface area contributed by atoms with Gasteiger partial charge in [-0.15, -0.1) is 0 Å². The number of aryl methyl sites for hydroxylation is 1. The first kappa shape index (κ1) is 13.9. The molecule has 0 aliphatic carbocycles. The number of imidazole rings is 1. The molecule has 6 heteroatoms. The molecular weight excluding hydrogens is 258 g/mol. The van der Waals surface area contributed by atoms with Gasteiger partial charge in [0.15, 0.2) is 5.78 Å². The topological polar surface area (TPSA) is 78.0 Å². The minimum atomic E-state index is -0.565. The molecule has 0 saturated heterocycles. The van der Waals surface area contributed by atoms with Crippen molar-refractivity contribution in [3.8, 4) is 0 Å². The molecule has 0 fully saturated rings. The molecule has 20 heavy (non-hydrogen) atoms. The Bertz CT molecular complexity index is 607. The van der Waals surface area contributed by atoms with Gasteiger partial charge in [0.25, 0.3) is 0 Å². The maximum absolute atomic E-state index is 11.7. The monoisotopic (exact) mass is 273 g/mol. The molecule has 1 heterocycles. The molecule has 0 spiro atoms. The van der Waals surface area contributed by atoms with Gasteiger partial charge in [0, 0.05) is 0 Å². The fraction of sp³-hybridized carbons (Fsp3) is 0.286. The van der Waals surface area contributed by atoms with E-state index in [2.05, 4.69) is 4.98 Å². The average molecular weight is 273 g/mol. The van der Waals surface area contributed by atoms with Gasteiger partial charge < -0.3 is 10.1 Å². The van der Waals surface area contributed by atoms with Gasteiger partial charge in [-0.1, -0.05) is 30.3 Å². The SMILES string of the molecule is CC(=O)[C@H](CCc1ccccc1)n1cnc([N+](=O)[O-])c1. The molecule has 0 N–H and O–H groups in total. The minimum Gasteiger partial charge on any atom is -0.358 e. The first-order valence-electron chi connectivity index (χ1n) is 6.30. The molecule has 0 unspecified atom stereocenters. The number of rotatable bonds is 6. The second-order valence-electron chi connectivity index (χ2n) is 4.59. The van der Waals surface area contributed by atoms with E-state index in [0.717, 1.165) is 12.0 Å². The smallest absolute Gasteiger partial charge is 0.358 e. The van der Waals surface area contributed by atoms with E-state index in [-0.39, 0.29) is 11.6 Å². The predicted molar refractivity (Wildman–Crippen MR) is 73.4 cm³/mol. The van der Waals surface area contributed by atoms with Crippen LogP contribution in [-0.2, 0) is 11.2 Å². The molecule has 2 rings (SSSR count). The molecule has 1 atom stereocenters. The molecule has 1 aromatic carbocycles. The Kier molecular flexibility index (Phi) is 4.24. The summed E-state index contributed by atoms with van der Waals surface area (Å²) in [6.45, 7) is 1.49. The van der Waals surface area contributed by atoms with Crippen LogP contribution in [0.25, 0.3) is 0 Å². The molecule has 0 amide bonds. The van der Waals surface area contributed by atoms with Crippen molar-refractivity contribution in [1.82, 2.24) is 9.55 Å². The Hall–Kier alpha value is -2.50. The summed E-state index contributed by atoms with van der Waals surface area (Å²) in [6, 6.07) is 9.39. The molecule has 104 valence electrons. The van der Waals surface area contributed by atoms with Crippen molar-refractivity contribution in [3.05, 3.63) is 58.5 Å². The van der Waals surface area contributed by atoms with Crippen molar-refractivity contribution in [2.75, 3.05) is 0 Å². The lowest BCUT2D eigenvalue weighted by molar-refractivity contribution is -0.389. The van der Waals surface area contributed by atoms with Crippen molar-refractivity contribution in [2.45, 2.75) is 25.8 Å². The summed E-state index contributed by atoms with van der Waals surface area (Å²) < 4.78 is 1.52. The van der Waals surface area contributed by atoms with Crippen LogP contribution in [0.3, 0.4) is 0 Å². The van der Waals surface area contributed by atoms with E-state index in [0.29, 0.717) is 6.42 Å². The molecule has 1 aromatic heterocycles. The van der Waals surface area contributed by atoms with Gasteiger partial charge in [0.1, 0.15) is 6.20 Å². The van der Waals surface area contributed by atoms with E-state index < -0.39 is 11.0 Å². The summed E-state index contributed by atoms with van der Waals surface area (Å²) in [4.78, 5) is 25.5. The van der Waals surface area contributed by atoms with Gasteiger partial charge >= 0.3 is 5.82 Å². The lowest BCUT2D eigenvalue weighted by Crippen LogP contribution is -2.16. The van der Waals surface area contributed by atoms with Crippen LogP contribution in [0.5, 0.6) is 0 Å². The van der Waals surface area contributed by atoms with Gasteiger partial charge in [-0.3, -0.25) is 9.36 Å². The summed E-state index contributed by atoms with van der Waals surface area (Å²) >= 11 is 0. The normalized spacial score (nSPS) is 12.1. The highest BCUT2D eigenvalue weighted by molar-refractivity contribution is 5.80. The van der Waals surface area contributed by atoms with E-state index in [1.54, 1.807) is 0 Å². The van der Waals surface area contributed by atoms with Crippen LogP contribution < -0.4 is 0 Å². The van der Waals surface area contributed by atoms with Crippen LogP contribution in [0, 0.1) is 10.1 Å². The highest BCUT2D eigenvalue weighted by Crippen LogP contribution is 2.19. The molecule has 2 aromatic rings. The maximum atomic E-state index is 11.7. The van der Waals surface area contributed by atoms with E-state index in [1.807, 2.05) is 30.3 Å². The second-order valence-corrected chi connectivity index (χ2v) is 4.59. The Morgan fingerprint density at radius 3 is 2.65 bits per heavy atom. The van der Waals surface area contributed by atoms with Crippen LogP contribution in [0.4, 0.5) is 5.82 Å². The summed E-state index contributed by atoms with van der Waals surface area (Å²) in [5, 5.41) is 10.6. The standard InChI is InChI=1S/C14H15N3O3/c1-11(18)13(8-7-12-5-3-2-4-6-12)16-9-14(15-10-16)17(19)20/h2-6,9-10,13H,7-8H2,1H3/t13-/m0/s1. The molecule has 0 bridgehead atoms. The Morgan fingerprint density at radius 2 is 2.10 bits per heavy atom. The number of benzene rings is 1. The lowest BCUT2D eigenvalue weighted by Gasteiger charge is -2.13. The number of carbonyl (C=O) groups excluding carboxylic acids is 1. The highest BCUT2D eigenvalue weighted by Gasteiger charge is 2.20. The number of carbonyl (C=O) groups is 1. The fourth-order valence-electron chi connectivity index (χ4n) is 2.10. The Labute approximate surface area is 116 Å². The number of aromatic nitrogens is 2.